The lowest BCUT2D eigenvalue weighted by atomic mass is 10.1. The number of fused-ring (bicyclic) bond motifs is 1. The molecule has 1 aliphatic rings. The quantitative estimate of drug-likeness (QED) is 0.290. The van der Waals surface area contributed by atoms with Crippen LogP contribution in [0.2, 0.25) is 5.02 Å². The molecule has 0 saturated heterocycles. The summed E-state index contributed by atoms with van der Waals surface area (Å²) in [7, 11) is 1.97. The smallest absolute Gasteiger partial charge is 0.230 e. The Morgan fingerprint density at radius 2 is 2.21 bits per heavy atom. The van der Waals surface area contributed by atoms with Gasteiger partial charge in [-0.3, -0.25) is 0 Å². The molecular weight excluding hydrogens is 393 g/mol. The normalized spacial score (nSPS) is 19.8. The van der Waals surface area contributed by atoms with Crippen LogP contribution in [0.4, 0.5) is 4.39 Å². The van der Waals surface area contributed by atoms with Gasteiger partial charge >= 0.3 is 0 Å². The molecule has 6 nitrogen and oxygen atoms in total. The summed E-state index contributed by atoms with van der Waals surface area (Å²) in [5, 5.41) is 4.25. The van der Waals surface area contributed by atoms with Gasteiger partial charge in [0.05, 0.1) is 6.54 Å². The molecule has 4 rings (SSSR count). The number of nitrogens with zero attached hydrogens (tertiary/aromatic N) is 3. The minimum Gasteiger partial charge on any atom is -0.391 e. The van der Waals surface area contributed by atoms with Crippen LogP contribution in [-0.4, -0.2) is 22.5 Å². The van der Waals surface area contributed by atoms with E-state index in [1.807, 2.05) is 46.8 Å². The predicted molar refractivity (Wildman–Crippen MR) is 111 cm³/mol. The largest absolute Gasteiger partial charge is 0.391 e. The molecule has 2 atom stereocenters. The highest BCUT2D eigenvalue weighted by Crippen LogP contribution is 2.25. The van der Waals surface area contributed by atoms with Crippen molar-refractivity contribution in [3.05, 3.63) is 64.7 Å². The standard InChI is InChI=1S/C21H24ClFN5O/c1-27-7-2-3-20-19(27)6-8-28(20)12-16-17(22)9-13(10-18(16)23)21(25)26-29-15-5-4-14(24)11-15/h2-3,6-10,14-15H,4-5,11-12,24H2,1H3,(H2,25,26)/q+1. The summed E-state index contributed by atoms with van der Waals surface area (Å²) < 4.78 is 18.8. The molecule has 152 valence electrons. The van der Waals surface area contributed by atoms with E-state index in [1.54, 1.807) is 6.07 Å². The SMILES string of the molecule is C[n+]1cccc2c1ccn2Cc1c(F)cc(C(N)=NOC2CCC(N)C2)cc1Cl. The molecule has 1 saturated carbocycles. The van der Waals surface area contributed by atoms with Gasteiger partial charge in [0.2, 0.25) is 5.52 Å². The highest BCUT2D eigenvalue weighted by atomic mass is 35.5. The number of aryl methyl sites for hydroxylation is 1. The monoisotopic (exact) mass is 416 g/mol. The number of aromatic nitrogens is 2. The predicted octanol–water partition coefficient (Wildman–Crippen LogP) is 2.82. The molecule has 2 unspecified atom stereocenters. The molecule has 0 aliphatic heterocycles. The lowest BCUT2D eigenvalue weighted by molar-refractivity contribution is -0.644. The van der Waals surface area contributed by atoms with Crippen LogP contribution in [0.1, 0.15) is 30.4 Å². The Bertz CT molecular complexity index is 1060. The van der Waals surface area contributed by atoms with Crippen molar-refractivity contribution in [1.29, 1.82) is 0 Å². The van der Waals surface area contributed by atoms with E-state index >= 15 is 0 Å². The van der Waals surface area contributed by atoms with E-state index in [9.17, 15) is 4.39 Å². The highest BCUT2D eigenvalue weighted by Gasteiger charge is 2.23. The number of benzene rings is 1. The molecule has 29 heavy (non-hydrogen) atoms. The summed E-state index contributed by atoms with van der Waals surface area (Å²) in [5.41, 5.74) is 14.7. The zero-order valence-electron chi connectivity index (χ0n) is 16.2. The first-order valence-corrected chi connectivity index (χ1v) is 9.97. The molecule has 1 aliphatic carbocycles. The molecule has 0 amide bonds. The van der Waals surface area contributed by atoms with Crippen LogP contribution in [-0.2, 0) is 18.4 Å². The Balaban J connectivity index is 1.56. The van der Waals surface area contributed by atoms with E-state index in [0.29, 0.717) is 22.7 Å². The van der Waals surface area contributed by atoms with E-state index in [4.69, 9.17) is 27.9 Å². The molecule has 2 heterocycles. The Morgan fingerprint density at radius 1 is 1.38 bits per heavy atom. The van der Waals surface area contributed by atoms with Crippen LogP contribution in [0.15, 0.2) is 47.9 Å². The average molecular weight is 417 g/mol. The van der Waals surface area contributed by atoms with Gasteiger partial charge in [0.15, 0.2) is 12.0 Å². The number of rotatable bonds is 5. The topological polar surface area (TPSA) is 82.4 Å². The van der Waals surface area contributed by atoms with Crippen LogP contribution < -0.4 is 16.0 Å². The van der Waals surface area contributed by atoms with Gasteiger partial charge < -0.3 is 20.9 Å². The van der Waals surface area contributed by atoms with Gasteiger partial charge in [0.1, 0.15) is 24.5 Å². The number of hydrogen-bond acceptors (Lipinski definition) is 3. The van der Waals surface area contributed by atoms with Crippen LogP contribution in [0.3, 0.4) is 0 Å². The third kappa shape index (κ3) is 4.06. The number of halogens is 2. The van der Waals surface area contributed by atoms with E-state index < -0.39 is 5.82 Å². The first-order valence-electron chi connectivity index (χ1n) is 9.59. The Morgan fingerprint density at radius 3 is 2.93 bits per heavy atom. The van der Waals surface area contributed by atoms with Crippen molar-refractivity contribution in [2.24, 2.45) is 23.7 Å². The number of hydrogen-bond donors (Lipinski definition) is 2. The second-order valence-corrected chi connectivity index (χ2v) is 7.94. The van der Waals surface area contributed by atoms with Gasteiger partial charge in [0, 0.05) is 46.9 Å². The fraction of sp³-hybridized carbons (Fsp3) is 0.333. The van der Waals surface area contributed by atoms with E-state index in [1.165, 1.54) is 6.07 Å². The fourth-order valence-corrected chi connectivity index (χ4v) is 4.03. The lowest BCUT2D eigenvalue weighted by Gasteiger charge is -2.12. The third-order valence-electron chi connectivity index (χ3n) is 5.42. The maximum Gasteiger partial charge on any atom is 0.230 e. The van der Waals surface area contributed by atoms with Crippen molar-refractivity contribution in [2.45, 2.75) is 38.0 Å². The zero-order chi connectivity index (χ0) is 20.5. The average Bonchev–Trinajstić information content (AvgIpc) is 3.29. The number of nitrogens with two attached hydrogens (primary N) is 2. The van der Waals surface area contributed by atoms with Crippen molar-refractivity contribution in [2.75, 3.05) is 0 Å². The first-order chi connectivity index (χ1) is 13.9. The van der Waals surface area contributed by atoms with Crippen molar-refractivity contribution < 1.29 is 13.8 Å². The van der Waals surface area contributed by atoms with Gasteiger partial charge in [-0.2, -0.15) is 4.57 Å². The van der Waals surface area contributed by atoms with Gasteiger partial charge in [-0.05, 0) is 31.0 Å². The Kier molecular flexibility index (Phi) is 5.43. The van der Waals surface area contributed by atoms with Gasteiger partial charge in [-0.25, -0.2) is 4.39 Å². The van der Waals surface area contributed by atoms with Crippen LogP contribution in [0.25, 0.3) is 11.0 Å². The Hall–Kier alpha value is -2.64. The van der Waals surface area contributed by atoms with Crippen molar-refractivity contribution in [1.82, 2.24) is 4.57 Å². The van der Waals surface area contributed by atoms with E-state index in [2.05, 4.69) is 5.16 Å². The minimum atomic E-state index is -0.435. The first kappa shape index (κ1) is 19.7. The van der Waals surface area contributed by atoms with Crippen molar-refractivity contribution in [3.8, 4) is 0 Å². The minimum absolute atomic E-state index is 0.0495. The summed E-state index contributed by atoms with van der Waals surface area (Å²) in [6, 6.07) is 9.03. The van der Waals surface area contributed by atoms with E-state index in [0.717, 1.165) is 30.3 Å². The molecule has 0 spiro atoms. The Labute approximate surface area is 173 Å². The maximum absolute atomic E-state index is 14.9. The molecule has 2 aromatic heterocycles. The third-order valence-corrected chi connectivity index (χ3v) is 5.76. The number of pyridine rings is 1. The second kappa shape index (κ2) is 8.00. The molecule has 0 bridgehead atoms. The van der Waals surface area contributed by atoms with Crippen LogP contribution in [0, 0.1) is 5.82 Å². The van der Waals surface area contributed by atoms with Crippen LogP contribution >= 0.6 is 11.6 Å². The van der Waals surface area contributed by atoms with Crippen LogP contribution in [0.5, 0.6) is 0 Å². The lowest BCUT2D eigenvalue weighted by Crippen LogP contribution is -2.27. The molecular formula is C21H24ClFN5O+. The summed E-state index contributed by atoms with van der Waals surface area (Å²) in [6.45, 7) is 0.311. The zero-order valence-corrected chi connectivity index (χ0v) is 16.9. The van der Waals surface area contributed by atoms with Gasteiger partial charge in [-0.1, -0.05) is 16.8 Å². The molecule has 4 N–H and O–H groups in total. The maximum atomic E-state index is 14.9. The van der Waals surface area contributed by atoms with Crippen molar-refractivity contribution >= 4 is 28.5 Å². The van der Waals surface area contributed by atoms with Gasteiger partial charge in [0.25, 0.3) is 0 Å². The fourth-order valence-electron chi connectivity index (χ4n) is 3.76. The summed E-state index contributed by atoms with van der Waals surface area (Å²) in [6.07, 6.45) is 6.33. The molecule has 0 radical (unpaired) electrons. The van der Waals surface area contributed by atoms with Crippen molar-refractivity contribution in [3.63, 3.8) is 0 Å². The molecule has 1 fully saturated rings. The number of amidine groups is 1. The van der Waals surface area contributed by atoms with Gasteiger partial charge in [-0.15, -0.1) is 0 Å². The summed E-state index contributed by atoms with van der Waals surface area (Å²) in [5.74, 6) is -0.341. The van der Waals surface area contributed by atoms with E-state index in [-0.39, 0.29) is 18.0 Å². The summed E-state index contributed by atoms with van der Waals surface area (Å²) >= 11 is 6.40. The molecule has 3 aromatic rings. The summed E-state index contributed by atoms with van der Waals surface area (Å²) in [4.78, 5) is 5.46. The molecule has 8 heteroatoms. The molecule has 1 aromatic carbocycles. The second-order valence-electron chi connectivity index (χ2n) is 7.53. The highest BCUT2D eigenvalue weighted by molar-refractivity contribution is 6.31. The number of oxime groups is 1.